The maximum atomic E-state index is 13.6. The van der Waals surface area contributed by atoms with Crippen molar-refractivity contribution in [1.82, 2.24) is 4.57 Å². The van der Waals surface area contributed by atoms with Crippen LogP contribution in [0.5, 0.6) is 0 Å². The van der Waals surface area contributed by atoms with Gasteiger partial charge in [0.1, 0.15) is 5.82 Å². The Kier molecular flexibility index (Phi) is 3.18. The van der Waals surface area contributed by atoms with E-state index in [9.17, 15) is 9.18 Å². The first-order valence-electron chi connectivity index (χ1n) is 6.12. The van der Waals surface area contributed by atoms with Crippen molar-refractivity contribution in [2.45, 2.75) is 0 Å². The molecule has 0 saturated heterocycles. The highest BCUT2D eigenvalue weighted by Crippen LogP contribution is 2.24. The van der Waals surface area contributed by atoms with E-state index in [4.69, 9.17) is 0 Å². The highest BCUT2D eigenvalue weighted by Gasteiger charge is 2.16. The van der Waals surface area contributed by atoms with Crippen LogP contribution in [-0.2, 0) is 7.05 Å². The molecule has 20 heavy (non-hydrogen) atoms. The SMILES string of the molecule is Cn1cc(C(=O)c2ccc(Br)c(F)c2)c2ccccc21. The Morgan fingerprint density at radius 1 is 1.20 bits per heavy atom. The van der Waals surface area contributed by atoms with Gasteiger partial charge in [0.2, 0.25) is 0 Å². The largest absolute Gasteiger partial charge is 0.350 e. The molecular weight excluding hydrogens is 321 g/mol. The summed E-state index contributed by atoms with van der Waals surface area (Å²) in [5.41, 5.74) is 1.92. The Morgan fingerprint density at radius 2 is 1.95 bits per heavy atom. The van der Waals surface area contributed by atoms with Gasteiger partial charge in [0, 0.05) is 35.3 Å². The zero-order valence-corrected chi connectivity index (χ0v) is 12.3. The van der Waals surface area contributed by atoms with Gasteiger partial charge in [-0.15, -0.1) is 0 Å². The number of carbonyl (C=O) groups excluding carboxylic acids is 1. The van der Waals surface area contributed by atoms with Gasteiger partial charge in [-0.3, -0.25) is 4.79 Å². The van der Waals surface area contributed by atoms with Crippen molar-refractivity contribution in [3.8, 4) is 0 Å². The molecule has 0 aliphatic heterocycles. The van der Waals surface area contributed by atoms with E-state index >= 15 is 0 Å². The summed E-state index contributed by atoms with van der Waals surface area (Å²) >= 11 is 3.09. The van der Waals surface area contributed by atoms with Crippen LogP contribution in [-0.4, -0.2) is 10.4 Å². The van der Waals surface area contributed by atoms with Gasteiger partial charge in [-0.1, -0.05) is 18.2 Å². The van der Waals surface area contributed by atoms with Crippen molar-refractivity contribution in [2.75, 3.05) is 0 Å². The van der Waals surface area contributed by atoms with Crippen LogP contribution in [0.1, 0.15) is 15.9 Å². The molecule has 0 aliphatic rings. The van der Waals surface area contributed by atoms with Crippen LogP contribution in [0, 0.1) is 5.82 Å². The average molecular weight is 332 g/mol. The second kappa shape index (κ2) is 4.87. The Hall–Kier alpha value is -1.94. The van der Waals surface area contributed by atoms with E-state index < -0.39 is 5.82 Å². The third-order valence-electron chi connectivity index (χ3n) is 3.32. The molecule has 3 aromatic rings. The number of benzene rings is 2. The topological polar surface area (TPSA) is 22.0 Å². The van der Waals surface area contributed by atoms with E-state index in [0.717, 1.165) is 10.9 Å². The molecule has 0 fully saturated rings. The van der Waals surface area contributed by atoms with Crippen molar-refractivity contribution in [3.05, 3.63) is 70.1 Å². The van der Waals surface area contributed by atoms with Gasteiger partial charge in [-0.2, -0.15) is 0 Å². The molecule has 2 aromatic carbocycles. The summed E-state index contributed by atoms with van der Waals surface area (Å²) in [5, 5.41) is 0.878. The van der Waals surface area contributed by atoms with Crippen LogP contribution in [0.3, 0.4) is 0 Å². The number of halogens is 2. The number of rotatable bonds is 2. The Morgan fingerprint density at radius 3 is 2.70 bits per heavy atom. The minimum Gasteiger partial charge on any atom is -0.350 e. The molecule has 0 bridgehead atoms. The van der Waals surface area contributed by atoms with Crippen molar-refractivity contribution in [1.29, 1.82) is 0 Å². The molecular formula is C16H11BrFNO. The summed E-state index contributed by atoms with van der Waals surface area (Å²) in [7, 11) is 1.89. The molecule has 0 N–H and O–H groups in total. The van der Waals surface area contributed by atoms with Gasteiger partial charge in [0.25, 0.3) is 0 Å². The third kappa shape index (κ3) is 2.06. The highest BCUT2D eigenvalue weighted by atomic mass is 79.9. The van der Waals surface area contributed by atoms with E-state index in [1.807, 2.05) is 35.9 Å². The van der Waals surface area contributed by atoms with Crippen LogP contribution in [0.2, 0.25) is 0 Å². The molecule has 0 atom stereocenters. The molecule has 4 heteroatoms. The molecule has 2 nitrogen and oxygen atoms in total. The number of hydrogen-bond acceptors (Lipinski definition) is 1. The molecule has 0 unspecified atom stereocenters. The number of fused-ring (bicyclic) bond motifs is 1. The van der Waals surface area contributed by atoms with E-state index in [2.05, 4.69) is 15.9 Å². The fraction of sp³-hybridized carbons (Fsp3) is 0.0625. The highest BCUT2D eigenvalue weighted by molar-refractivity contribution is 9.10. The van der Waals surface area contributed by atoms with Crippen LogP contribution in [0.15, 0.2) is 53.1 Å². The van der Waals surface area contributed by atoms with E-state index in [1.165, 1.54) is 6.07 Å². The lowest BCUT2D eigenvalue weighted by Gasteiger charge is -2.01. The predicted molar refractivity (Wildman–Crippen MR) is 80.5 cm³/mol. The van der Waals surface area contributed by atoms with Crippen molar-refractivity contribution in [2.24, 2.45) is 7.05 Å². The third-order valence-corrected chi connectivity index (χ3v) is 3.97. The first kappa shape index (κ1) is 13.1. The fourth-order valence-electron chi connectivity index (χ4n) is 2.32. The van der Waals surface area contributed by atoms with Crippen molar-refractivity contribution < 1.29 is 9.18 Å². The van der Waals surface area contributed by atoms with Crippen LogP contribution in [0.4, 0.5) is 4.39 Å². The molecule has 1 heterocycles. The van der Waals surface area contributed by atoms with Crippen LogP contribution < -0.4 is 0 Å². The lowest BCUT2D eigenvalue weighted by Crippen LogP contribution is -2.01. The second-order valence-electron chi connectivity index (χ2n) is 4.63. The minimum absolute atomic E-state index is 0.173. The number of hydrogen-bond donors (Lipinski definition) is 0. The number of aromatic nitrogens is 1. The summed E-state index contributed by atoms with van der Waals surface area (Å²) in [6.07, 6.45) is 1.78. The Balaban J connectivity index is 2.15. The van der Waals surface area contributed by atoms with Crippen molar-refractivity contribution in [3.63, 3.8) is 0 Å². The number of aryl methyl sites for hydroxylation is 1. The molecule has 0 spiro atoms. The van der Waals surface area contributed by atoms with Gasteiger partial charge in [-0.25, -0.2) is 4.39 Å². The normalized spacial score (nSPS) is 10.9. The van der Waals surface area contributed by atoms with Gasteiger partial charge >= 0.3 is 0 Å². The molecule has 0 aliphatic carbocycles. The molecule has 0 saturated carbocycles. The minimum atomic E-state index is -0.434. The van der Waals surface area contributed by atoms with E-state index in [1.54, 1.807) is 18.3 Å². The van der Waals surface area contributed by atoms with Crippen LogP contribution in [0.25, 0.3) is 10.9 Å². The lowest BCUT2D eigenvalue weighted by atomic mass is 10.0. The lowest BCUT2D eigenvalue weighted by molar-refractivity contribution is 0.103. The molecule has 100 valence electrons. The first-order valence-corrected chi connectivity index (χ1v) is 6.91. The summed E-state index contributed by atoms with van der Waals surface area (Å²) in [5.74, 6) is -0.607. The van der Waals surface area contributed by atoms with Gasteiger partial charge < -0.3 is 4.57 Å². The molecule has 3 rings (SSSR count). The zero-order valence-electron chi connectivity index (χ0n) is 10.7. The van der Waals surface area contributed by atoms with Crippen LogP contribution >= 0.6 is 15.9 Å². The van der Waals surface area contributed by atoms with Gasteiger partial charge in [0.15, 0.2) is 5.78 Å². The van der Waals surface area contributed by atoms with E-state index in [0.29, 0.717) is 15.6 Å². The number of nitrogens with zero attached hydrogens (tertiary/aromatic N) is 1. The summed E-state index contributed by atoms with van der Waals surface area (Å²) < 4.78 is 15.8. The smallest absolute Gasteiger partial charge is 0.195 e. The van der Waals surface area contributed by atoms with Gasteiger partial charge in [0.05, 0.1) is 4.47 Å². The van der Waals surface area contributed by atoms with Gasteiger partial charge in [-0.05, 0) is 40.2 Å². The zero-order chi connectivity index (χ0) is 14.3. The molecule has 0 amide bonds. The van der Waals surface area contributed by atoms with E-state index in [-0.39, 0.29) is 5.78 Å². The summed E-state index contributed by atoms with van der Waals surface area (Å²) in [6, 6.07) is 12.1. The molecule has 1 aromatic heterocycles. The molecule has 0 radical (unpaired) electrons. The second-order valence-corrected chi connectivity index (χ2v) is 5.48. The maximum Gasteiger partial charge on any atom is 0.195 e. The Labute approximate surface area is 124 Å². The number of carbonyl (C=O) groups is 1. The Bertz CT molecular complexity index is 822. The standard InChI is InChI=1S/C16H11BrFNO/c1-19-9-12(11-4-2-3-5-15(11)19)16(20)10-6-7-13(17)14(18)8-10/h2-9H,1H3. The number of para-hydroxylation sites is 1. The maximum absolute atomic E-state index is 13.6. The summed E-state index contributed by atoms with van der Waals surface area (Å²) in [4.78, 5) is 12.5. The average Bonchev–Trinajstić information content (AvgIpc) is 2.79. The fourth-order valence-corrected chi connectivity index (χ4v) is 2.56. The quantitative estimate of drug-likeness (QED) is 0.641. The number of ketones is 1. The van der Waals surface area contributed by atoms with Crippen molar-refractivity contribution >= 4 is 32.6 Å². The predicted octanol–water partition coefficient (Wildman–Crippen LogP) is 4.31. The monoisotopic (exact) mass is 331 g/mol. The first-order chi connectivity index (χ1) is 9.58. The summed E-state index contributed by atoms with van der Waals surface area (Å²) in [6.45, 7) is 0.